The molecule has 7 fully saturated rings. The van der Waals surface area contributed by atoms with Crippen molar-refractivity contribution in [2.75, 3.05) is 6.54 Å². The molecular weight excluding hydrogens is 624 g/mol. The molecule has 270 valence electrons. The molecule has 6 aliphatic carbocycles. The van der Waals surface area contributed by atoms with Crippen LogP contribution in [-0.4, -0.2) is 52.8 Å². The van der Waals surface area contributed by atoms with Crippen LogP contribution < -0.4 is 0 Å². The number of halogens is 2. The Hall–Kier alpha value is -2.06. The Kier molecular flexibility index (Phi) is 7.80. The molecule has 1 aromatic carbocycles. The molecule has 6 saturated carbocycles. The van der Waals surface area contributed by atoms with E-state index in [4.69, 9.17) is 9.47 Å². The highest BCUT2D eigenvalue weighted by molar-refractivity contribution is 5.73. The zero-order valence-corrected chi connectivity index (χ0v) is 30.4. The lowest BCUT2D eigenvalue weighted by Gasteiger charge is -2.63. The number of carbonyl (C=O) groups is 2. The van der Waals surface area contributed by atoms with E-state index >= 15 is 0 Å². The van der Waals surface area contributed by atoms with Gasteiger partial charge in [-0.15, -0.1) is 0 Å². The zero-order chi connectivity index (χ0) is 34.9. The number of benzene rings is 1. The number of ether oxygens (including phenoxy) is 2. The predicted molar refractivity (Wildman–Crippen MR) is 181 cm³/mol. The van der Waals surface area contributed by atoms with Crippen LogP contribution in [0.4, 0.5) is 8.78 Å². The first-order chi connectivity index (χ1) is 23.1. The average molecular weight is 682 g/mol. The van der Waals surface area contributed by atoms with E-state index in [-0.39, 0.29) is 75.6 Å². The van der Waals surface area contributed by atoms with Crippen LogP contribution in [0.1, 0.15) is 118 Å². The van der Waals surface area contributed by atoms with E-state index in [1.807, 2.05) is 0 Å². The Labute approximate surface area is 291 Å². The maximum atomic E-state index is 14.0. The third-order valence-corrected chi connectivity index (χ3v) is 16.7. The van der Waals surface area contributed by atoms with Gasteiger partial charge in [0.05, 0.1) is 24.2 Å². The number of esters is 1. The molecular formula is C41H57F2NO5. The van der Waals surface area contributed by atoms with E-state index < -0.39 is 17.7 Å². The van der Waals surface area contributed by atoms with Gasteiger partial charge < -0.3 is 19.5 Å². The maximum absolute atomic E-state index is 14.0. The number of hydrogen-bond acceptors (Lipinski definition) is 5. The third-order valence-electron chi connectivity index (χ3n) is 16.7. The van der Waals surface area contributed by atoms with Gasteiger partial charge in [-0.25, -0.2) is 8.78 Å². The van der Waals surface area contributed by atoms with Crippen molar-refractivity contribution in [3.63, 3.8) is 0 Å². The summed E-state index contributed by atoms with van der Waals surface area (Å²) in [6.45, 7) is 13.8. The van der Waals surface area contributed by atoms with Crippen molar-refractivity contribution < 1.29 is 33.0 Å². The van der Waals surface area contributed by atoms with E-state index in [0.717, 1.165) is 63.9 Å². The average Bonchev–Trinajstić information content (AvgIpc) is 3.61. The molecule has 0 aromatic heterocycles. The van der Waals surface area contributed by atoms with Crippen molar-refractivity contribution in [3.8, 4) is 0 Å². The number of aliphatic hydroxyl groups excluding tert-OH is 1. The first-order valence-corrected chi connectivity index (χ1v) is 19.3. The minimum atomic E-state index is -0.657. The van der Waals surface area contributed by atoms with Crippen LogP contribution in [0.3, 0.4) is 0 Å². The fourth-order valence-corrected chi connectivity index (χ4v) is 14.1. The number of carbonyl (C=O) groups excluding carboxylic acids is 2. The molecule has 0 radical (unpaired) electrons. The molecule has 1 aliphatic heterocycles. The normalized spacial score (nSPS) is 46.2. The quantitative estimate of drug-likeness (QED) is 0.310. The molecule has 1 aromatic rings. The van der Waals surface area contributed by atoms with Gasteiger partial charge in [-0.2, -0.15) is 0 Å². The van der Waals surface area contributed by atoms with Gasteiger partial charge in [0.15, 0.2) is 0 Å². The predicted octanol–water partition coefficient (Wildman–Crippen LogP) is 7.84. The van der Waals surface area contributed by atoms with Gasteiger partial charge in [0.25, 0.3) is 0 Å². The van der Waals surface area contributed by atoms with Crippen LogP contribution in [-0.2, 0) is 25.6 Å². The molecule has 6 nitrogen and oxygen atoms in total. The molecule has 12 atom stereocenters. The summed E-state index contributed by atoms with van der Waals surface area (Å²) in [6.07, 6.45) is 10.4. The molecule has 1 amide bonds. The Bertz CT molecular complexity index is 1510. The summed E-state index contributed by atoms with van der Waals surface area (Å²) >= 11 is 0. The van der Waals surface area contributed by atoms with E-state index in [1.54, 1.807) is 4.90 Å². The summed E-state index contributed by atoms with van der Waals surface area (Å²) in [6, 6.07) is 3.39. The van der Waals surface area contributed by atoms with Crippen molar-refractivity contribution in [1.82, 2.24) is 4.90 Å². The number of amides is 1. The second-order valence-corrected chi connectivity index (χ2v) is 18.9. The lowest BCUT2D eigenvalue weighted by atomic mass is 9.41. The first-order valence-electron chi connectivity index (χ1n) is 19.3. The fourth-order valence-electron chi connectivity index (χ4n) is 14.1. The van der Waals surface area contributed by atoms with Gasteiger partial charge in [0, 0.05) is 36.9 Å². The molecule has 0 bridgehead atoms. The minimum Gasteiger partial charge on any atom is -0.462 e. The van der Waals surface area contributed by atoms with E-state index in [0.29, 0.717) is 29.9 Å². The van der Waals surface area contributed by atoms with Crippen molar-refractivity contribution in [2.45, 2.75) is 143 Å². The standard InChI is InChI=1S/C41H57F2NO5/c1-23-16-29(21-44(24(2)45)20-25-17-27(42)19-28(43)18-25)48-34-33(23)38(5)14-15-41-22-40(41)13-12-32(49-36(47)26-8-7-9-26)37(3,4)30(40)10-11-31(41)39(38,6)35(34)46/h17-19,23,26,29-35,46H,7-16,20-22H2,1-6H3/t23-,29?,30+,31?,32+,33+,34?,35+,38-,39-,40-,41+/m1/s1. The zero-order valence-electron chi connectivity index (χ0n) is 30.4. The fraction of sp³-hybridized carbons (Fsp3) is 0.805. The highest BCUT2D eigenvalue weighted by Gasteiger charge is 2.84. The van der Waals surface area contributed by atoms with Crippen LogP contribution >= 0.6 is 0 Å². The Balaban J connectivity index is 1.02. The van der Waals surface area contributed by atoms with E-state index in [1.165, 1.54) is 31.9 Å². The molecule has 1 heterocycles. The number of rotatable bonds is 6. The van der Waals surface area contributed by atoms with Crippen LogP contribution in [0, 0.1) is 68.3 Å². The lowest BCUT2D eigenvalue weighted by Crippen LogP contribution is -2.60. The van der Waals surface area contributed by atoms with Crippen LogP contribution in [0.15, 0.2) is 18.2 Å². The number of hydrogen-bond donors (Lipinski definition) is 1. The van der Waals surface area contributed by atoms with Crippen LogP contribution in [0.2, 0.25) is 0 Å². The highest BCUT2D eigenvalue weighted by Crippen LogP contribution is 2.89. The summed E-state index contributed by atoms with van der Waals surface area (Å²) in [5, 5.41) is 12.6. The van der Waals surface area contributed by atoms with Crippen molar-refractivity contribution in [3.05, 3.63) is 35.4 Å². The first kappa shape index (κ1) is 34.0. The van der Waals surface area contributed by atoms with E-state index in [9.17, 15) is 23.5 Å². The summed E-state index contributed by atoms with van der Waals surface area (Å²) in [4.78, 5) is 27.3. The van der Waals surface area contributed by atoms with Crippen molar-refractivity contribution >= 4 is 11.9 Å². The topological polar surface area (TPSA) is 76.1 Å². The van der Waals surface area contributed by atoms with Crippen molar-refractivity contribution in [1.29, 1.82) is 0 Å². The van der Waals surface area contributed by atoms with Crippen LogP contribution in [0.25, 0.3) is 0 Å². The van der Waals surface area contributed by atoms with Gasteiger partial charge >= 0.3 is 5.97 Å². The molecule has 2 spiro atoms. The van der Waals surface area contributed by atoms with Gasteiger partial charge in [0.1, 0.15) is 17.7 Å². The van der Waals surface area contributed by atoms with Gasteiger partial charge in [-0.05, 0) is 122 Å². The summed E-state index contributed by atoms with van der Waals surface area (Å²) in [5.74, 6) is 0.0811. The van der Waals surface area contributed by atoms with Gasteiger partial charge in [-0.3, -0.25) is 9.59 Å². The van der Waals surface area contributed by atoms with Gasteiger partial charge in [-0.1, -0.05) is 41.0 Å². The molecule has 1 N–H and O–H groups in total. The summed E-state index contributed by atoms with van der Waals surface area (Å²) in [7, 11) is 0. The maximum Gasteiger partial charge on any atom is 0.309 e. The largest absolute Gasteiger partial charge is 0.462 e. The van der Waals surface area contributed by atoms with Crippen LogP contribution in [0.5, 0.6) is 0 Å². The number of nitrogens with zero attached hydrogens (tertiary/aromatic N) is 1. The van der Waals surface area contributed by atoms with Gasteiger partial charge in [0.2, 0.25) is 5.91 Å². The summed E-state index contributed by atoms with van der Waals surface area (Å²) in [5.41, 5.74) is 0.445. The second kappa shape index (κ2) is 11.2. The molecule has 1 saturated heterocycles. The minimum absolute atomic E-state index is 0.0181. The SMILES string of the molecule is CC(=O)N(Cc1cc(F)cc(F)c1)CC1C[C@@H](C)[C@H]2C(O1)[C@H](O)[C@@]1(C)C3CC[C@H]4C(C)(C)[C@@H](OC(=O)C5CCC5)CC[C@@]45C[C@@]35CC[C@]21C. The summed E-state index contributed by atoms with van der Waals surface area (Å²) < 4.78 is 41.1. The Morgan fingerprint density at radius 2 is 1.63 bits per heavy atom. The third kappa shape index (κ3) is 4.66. The molecule has 7 aliphatic rings. The monoisotopic (exact) mass is 681 g/mol. The molecule has 49 heavy (non-hydrogen) atoms. The Morgan fingerprint density at radius 3 is 2.29 bits per heavy atom. The number of fused-ring (bicyclic) bond motifs is 4. The number of aliphatic hydroxyl groups is 1. The second-order valence-electron chi connectivity index (χ2n) is 18.9. The smallest absolute Gasteiger partial charge is 0.309 e. The Morgan fingerprint density at radius 1 is 0.959 bits per heavy atom. The molecule has 8 heteroatoms. The molecule has 3 unspecified atom stereocenters. The molecule has 8 rings (SSSR count). The van der Waals surface area contributed by atoms with Crippen molar-refractivity contribution in [2.24, 2.45) is 56.7 Å². The lowest BCUT2D eigenvalue weighted by molar-refractivity contribution is -0.196. The highest BCUT2D eigenvalue weighted by atomic mass is 19.1. The van der Waals surface area contributed by atoms with E-state index in [2.05, 4.69) is 34.6 Å².